The number of carbonyl (C=O) groups is 1. The van der Waals surface area contributed by atoms with Crippen molar-refractivity contribution in [2.45, 2.75) is 6.42 Å². The number of methoxy groups -OCH3 is 1. The molecule has 2 heterocycles. The lowest BCUT2D eigenvalue weighted by Crippen LogP contribution is -2.39. The van der Waals surface area contributed by atoms with E-state index in [1.54, 1.807) is 7.11 Å². The Morgan fingerprint density at radius 2 is 2.26 bits per heavy atom. The summed E-state index contributed by atoms with van der Waals surface area (Å²) in [6.45, 7) is 1.85. The minimum absolute atomic E-state index is 0.227. The lowest BCUT2D eigenvalue weighted by Gasteiger charge is -2.22. The van der Waals surface area contributed by atoms with Gasteiger partial charge < -0.3 is 15.1 Å². The highest BCUT2D eigenvalue weighted by Crippen LogP contribution is 2.37. The zero-order valence-corrected chi connectivity index (χ0v) is 14.6. The second kappa shape index (κ2) is 6.78. The van der Waals surface area contributed by atoms with Crippen LogP contribution >= 0.6 is 22.9 Å². The van der Waals surface area contributed by atoms with Gasteiger partial charge in [-0.15, -0.1) is 11.3 Å². The van der Waals surface area contributed by atoms with Crippen molar-refractivity contribution < 1.29 is 9.53 Å². The van der Waals surface area contributed by atoms with Gasteiger partial charge in [0, 0.05) is 35.3 Å². The summed E-state index contributed by atoms with van der Waals surface area (Å²) in [5, 5.41) is 1.34. The predicted octanol–water partition coefficient (Wildman–Crippen LogP) is 3.02. The molecule has 1 aromatic carbocycles. The van der Waals surface area contributed by atoms with E-state index in [1.807, 2.05) is 18.2 Å². The molecule has 5 nitrogen and oxygen atoms in total. The molecule has 0 radical (unpaired) electrons. The van der Waals surface area contributed by atoms with E-state index < -0.39 is 0 Å². The van der Waals surface area contributed by atoms with Crippen LogP contribution in [0.4, 0.5) is 0 Å². The van der Waals surface area contributed by atoms with Gasteiger partial charge in [-0.2, -0.15) is 0 Å². The number of fused-ring (bicyclic) bond motifs is 1. The number of ether oxygens (including phenoxy) is 1. The maximum Gasteiger partial charge on any atom is 0.281 e. The molecular weight excluding hydrogens is 334 g/mol. The number of nitrogens with zero attached hydrogens (tertiary/aromatic N) is 1. The molecule has 0 fully saturated rings. The monoisotopic (exact) mass is 351 g/mol. The zero-order chi connectivity index (χ0) is 16.4. The van der Waals surface area contributed by atoms with Gasteiger partial charge in [0.05, 0.1) is 12.1 Å². The van der Waals surface area contributed by atoms with Crippen molar-refractivity contribution in [3.05, 3.63) is 39.9 Å². The van der Waals surface area contributed by atoms with Gasteiger partial charge in [0.1, 0.15) is 10.6 Å². The number of thiophene rings is 1. The first-order chi connectivity index (χ1) is 11.1. The van der Waals surface area contributed by atoms with Gasteiger partial charge in [0.15, 0.2) is 0 Å². The SMILES string of the molecule is COc1ccc2c(Cl)c(C(=O)NNC3=CCN(C)CC3)sc2c1. The highest BCUT2D eigenvalue weighted by Gasteiger charge is 2.18. The average molecular weight is 352 g/mol. The van der Waals surface area contributed by atoms with Crippen LogP contribution in [0.3, 0.4) is 0 Å². The van der Waals surface area contributed by atoms with E-state index in [9.17, 15) is 4.79 Å². The van der Waals surface area contributed by atoms with E-state index in [2.05, 4.69) is 28.9 Å². The number of rotatable bonds is 4. The molecule has 3 rings (SSSR count). The van der Waals surface area contributed by atoms with Gasteiger partial charge in [0.25, 0.3) is 5.91 Å². The van der Waals surface area contributed by atoms with Crippen molar-refractivity contribution >= 4 is 38.9 Å². The molecule has 0 unspecified atom stereocenters. The first-order valence-corrected chi connectivity index (χ1v) is 8.48. The molecule has 122 valence electrons. The Morgan fingerprint density at radius 3 is 2.96 bits per heavy atom. The van der Waals surface area contributed by atoms with Crippen LogP contribution in [0.5, 0.6) is 5.75 Å². The van der Waals surface area contributed by atoms with E-state index in [0.717, 1.165) is 41.0 Å². The van der Waals surface area contributed by atoms with Crippen molar-refractivity contribution in [1.82, 2.24) is 15.8 Å². The smallest absolute Gasteiger partial charge is 0.281 e. The van der Waals surface area contributed by atoms with E-state index >= 15 is 0 Å². The molecule has 1 aliphatic rings. The van der Waals surface area contributed by atoms with Crippen molar-refractivity contribution in [2.24, 2.45) is 0 Å². The van der Waals surface area contributed by atoms with Crippen LogP contribution in [-0.2, 0) is 0 Å². The molecule has 0 saturated carbocycles. The fourth-order valence-electron chi connectivity index (χ4n) is 2.40. The van der Waals surface area contributed by atoms with Gasteiger partial charge in [-0.3, -0.25) is 10.2 Å². The molecule has 0 saturated heterocycles. The molecule has 0 atom stereocenters. The predicted molar refractivity (Wildman–Crippen MR) is 94.2 cm³/mol. The van der Waals surface area contributed by atoms with Gasteiger partial charge in [-0.1, -0.05) is 11.6 Å². The van der Waals surface area contributed by atoms with E-state index in [4.69, 9.17) is 16.3 Å². The zero-order valence-electron chi connectivity index (χ0n) is 13.0. The van der Waals surface area contributed by atoms with Crippen LogP contribution in [-0.4, -0.2) is 38.1 Å². The van der Waals surface area contributed by atoms with Crippen molar-refractivity contribution in [3.8, 4) is 5.75 Å². The maximum absolute atomic E-state index is 12.4. The summed E-state index contributed by atoms with van der Waals surface area (Å²) >= 11 is 7.70. The first kappa shape index (κ1) is 16.1. The van der Waals surface area contributed by atoms with Crippen molar-refractivity contribution in [1.29, 1.82) is 0 Å². The Morgan fingerprint density at radius 1 is 1.43 bits per heavy atom. The summed E-state index contributed by atoms with van der Waals surface area (Å²) in [6, 6.07) is 5.59. The van der Waals surface area contributed by atoms with Crippen LogP contribution < -0.4 is 15.6 Å². The molecule has 7 heteroatoms. The van der Waals surface area contributed by atoms with E-state index in [0.29, 0.717) is 9.90 Å². The highest BCUT2D eigenvalue weighted by molar-refractivity contribution is 7.21. The fraction of sp³-hybridized carbons (Fsp3) is 0.312. The molecular formula is C16H18ClN3O2S. The molecule has 1 aliphatic heterocycles. The van der Waals surface area contributed by atoms with Crippen LogP contribution in [0, 0.1) is 0 Å². The number of halogens is 1. The summed E-state index contributed by atoms with van der Waals surface area (Å²) < 4.78 is 6.14. The third-order valence-electron chi connectivity index (χ3n) is 3.79. The lowest BCUT2D eigenvalue weighted by atomic mass is 10.2. The molecule has 0 aliphatic carbocycles. The number of benzene rings is 1. The molecule has 1 aromatic heterocycles. The summed E-state index contributed by atoms with van der Waals surface area (Å²) in [7, 11) is 3.68. The first-order valence-electron chi connectivity index (χ1n) is 7.28. The van der Waals surface area contributed by atoms with Crippen molar-refractivity contribution in [3.63, 3.8) is 0 Å². The van der Waals surface area contributed by atoms with Gasteiger partial charge in [-0.25, -0.2) is 0 Å². The third-order valence-corrected chi connectivity index (χ3v) is 5.45. The number of carbonyl (C=O) groups excluding carboxylic acids is 1. The quantitative estimate of drug-likeness (QED) is 0.831. The fourth-order valence-corrected chi connectivity index (χ4v) is 3.84. The molecule has 2 N–H and O–H groups in total. The van der Waals surface area contributed by atoms with E-state index in [1.165, 1.54) is 11.3 Å². The molecule has 23 heavy (non-hydrogen) atoms. The number of hydrogen-bond donors (Lipinski definition) is 2. The summed E-state index contributed by atoms with van der Waals surface area (Å²) in [4.78, 5) is 15.1. The Hall–Kier alpha value is -1.76. The largest absolute Gasteiger partial charge is 0.497 e. The number of amides is 1. The number of likely N-dealkylation sites (N-methyl/N-ethyl adjacent to an activating group) is 1. The Kier molecular flexibility index (Phi) is 4.75. The Bertz CT molecular complexity index is 772. The second-order valence-electron chi connectivity index (χ2n) is 5.43. The van der Waals surface area contributed by atoms with Crippen LogP contribution in [0.1, 0.15) is 16.1 Å². The van der Waals surface area contributed by atoms with Gasteiger partial charge >= 0.3 is 0 Å². The van der Waals surface area contributed by atoms with Crippen LogP contribution in [0.25, 0.3) is 10.1 Å². The van der Waals surface area contributed by atoms with Gasteiger partial charge in [-0.05, 0) is 31.3 Å². The van der Waals surface area contributed by atoms with Crippen molar-refractivity contribution in [2.75, 3.05) is 27.2 Å². The molecule has 0 bridgehead atoms. The van der Waals surface area contributed by atoms with E-state index in [-0.39, 0.29) is 5.91 Å². The summed E-state index contributed by atoms with van der Waals surface area (Å²) in [5.41, 5.74) is 6.75. The number of hydrogen-bond acceptors (Lipinski definition) is 5. The Balaban J connectivity index is 1.74. The molecule has 2 aromatic rings. The minimum atomic E-state index is -0.227. The third kappa shape index (κ3) is 3.44. The summed E-state index contributed by atoms with van der Waals surface area (Å²) in [5.74, 6) is 0.520. The Labute approximate surface area is 143 Å². The lowest BCUT2D eigenvalue weighted by molar-refractivity contribution is 0.0942. The molecule has 0 spiro atoms. The maximum atomic E-state index is 12.4. The topological polar surface area (TPSA) is 53.6 Å². The highest BCUT2D eigenvalue weighted by atomic mass is 35.5. The van der Waals surface area contributed by atoms with Crippen LogP contribution in [0.15, 0.2) is 30.0 Å². The number of nitrogens with one attached hydrogen (secondary N) is 2. The normalized spacial score (nSPS) is 15.3. The van der Waals surface area contributed by atoms with Gasteiger partial charge in [0.2, 0.25) is 0 Å². The van der Waals surface area contributed by atoms with Crippen LogP contribution in [0.2, 0.25) is 5.02 Å². The second-order valence-corrected chi connectivity index (χ2v) is 6.86. The minimum Gasteiger partial charge on any atom is -0.497 e. The summed E-state index contributed by atoms with van der Waals surface area (Å²) in [6.07, 6.45) is 2.95. The number of hydrazine groups is 1. The average Bonchev–Trinajstić information content (AvgIpc) is 2.90. The molecule has 1 amide bonds. The standard InChI is InChI=1S/C16H18ClN3O2S/c1-20-7-5-10(6-8-20)18-19-16(21)15-14(17)12-4-3-11(22-2)9-13(12)23-15/h3-5,9,18H,6-8H2,1-2H3,(H,19,21).